The molecule has 2 aliphatic rings. The van der Waals surface area contributed by atoms with Crippen LogP contribution in [0, 0.1) is 17.5 Å². The van der Waals surface area contributed by atoms with Gasteiger partial charge in [-0.3, -0.25) is 4.90 Å². The van der Waals surface area contributed by atoms with Gasteiger partial charge in [-0.2, -0.15) is 4.37 Å². The van der Waals surface area contributed by atoms with Gasteiger partial charge in [0, 0.05) is 36.1 Å². The number of hydrogen-bond acceptors (Lipinski definition) is 8. The number of rotatable bonds is 8. The highest BCUT2D eigenvalue weighted by Crippen LogP contribution is 2.39. The summed E-state index contributed by atoms with van der Waals surface area (Å²) >= 11 is 3.87. The number of nitrogens with one attached hydrogen (secondary N) is 1. The van der Waals surface area contributed by atoms with Crippen molar-refractivity contribution in [3.63, 3.8) is 0 Å². The van der Waals surface area contributed by atoms with Crippen LogP contribution >= 0.6 is 27.5 Å². The van der Waals surface area contributed by atoms with E-state index in [0.29, 0.717) is 24.2 Å². The Morgan fingerprint density at radius 3 is 2.40 bits per heavy atom. The fourth-order valence-corrected chi connectivity index (χ4v) is 8.10. The second-order valence-electron chi connectivity index (χ2n) is 11.3. The Morgan fingerprint density at radius 2 is 1.81 bits per heavy atom. The lowest BCUT2D eigenvalue weighted by molar-refractivity contribution is 0.0608. The zero-order valence-corrected chi connectivity index (χ0v) is 26.4. The number of benzene rings is 2. The molecule has 2 aliphatic heterocycles. The van der Waals surface area contributed by atoms with Gasteiger partial charge in [-0.05, 0) is 97.7 Å². The lowest BCUT2D eigenvalue weighted by Gasteiger charge is -2.26. The van der Waals surface area contributed by atoms with Crippen LogP contribution in [0.1, 0.15) is 57.6 Å². The SMILES string of the molecule is CC(C)(C)OC(=O)N(c1ccsn1)S(=O)(=O)c1c(F)cc(NCc2c(F)cccc2CN2C3CCC2CC3)c(Br)c1F. The fourth-order valence-electron chi connectivity index (χ4n) is 5.57. The van der Waals surface area contributed by atoms with E-state index in [1.165, 1.54) is 38.3 Å². The largest absolute Gasteiger partial charge is 0.443 e. The van der Waals surface area contributed by atoms with Crippen LogP contribution in [0.25, 0.3) is 0 Å². The van der Waals surface area contributed by atoms with E-state index >= 15 is 8.78 Å². The smallest absolute Gasteiger partial charge is 0.430 e. The molecule has 1 amide bonds. The molecule has 1 aromatic heterocycles. The third-order valence-electron chi connectivity index (χ3n) is 7.44. The topological polar surface area (TPSA) is 91.8 Å². The quantitative estimate of drug-likeness (QED) is 0.251. The molecule has 8 nitrogen and oxygen atoms in total. The molecular formula is C28H30BrF3N4O4S2. The summed E-state index contributed by atoms with van der Waals surface area (Å²) in [6, 6.07) is 7.77. The maximum absolute atomic E-state index is 15.7. The predicted molar refractivity (Wildman–Crippen MR) is 157 cm³/mol. The van der Waals surface area contributed by atoms with Gasteiger partial charge < -0.3 is 10.1 Å². The van der Waals surface area contributed by atoms with Crippen LogP contribution < -0.4 is 9.62 Å². The minimum Gasteiger partial charge on any atom is -0.443 e. The average Bonchev–Trinajstić information content (AvgIpc) is 3.64. The van der Waals surface area contributed by atoms with Crippen molar-refractivity contribution in [2.24, 2.45) is 0 Å². The number of fused-ring (bicyclic) bond motifs is 2. The zero-order chi connectivity index (χ0) is 30.4. The number of sulfonamides is 1. The number of amides is 1. The molecule has 14 heteroatoms. The highest BCUT2D eigenvalue weighted by Gasteiger charge is 2.41. The second-order valence-corrected chi connectivity index (χ2v) is 14.5. The number of hydrogen-bond donors (Lipinski definition) is 1. The van der Waals surface area contributed by atoms with Crippen molar-refractivity contribution in [2.45, 2.75) is 82.1 Å². The third-order valence-corrected chi connectivity index (χ3v) is 10.5. The molecule has 3 aromatic rings. The summed E-state index contributed by atoms with van der Waals surface area (Å²) in [6.45, 7) is 5.03. The zero-order valence-electron chi connectivity index (χ0n) is 23.2. The Kier molecular flexibility index (Phi) is 8.63. The molecule has 2 saturated heterocycles. The number of ether oxygens (including phenoxy) is 1. The van der Waals surface area contributed by atoms with Gasteiger partial charge in [0.1, 0.15) is 17.2 Å². The van der Waals surface area contributed by atoms with E-state index in [4.69, 9.17) is 4.74 Å². The van der Waals surface area contributed by atoms with Crippen LogP contribution in [0.4, 0.5) is 29.5 Å². The summed E-state index contributed by atoms with van der Waals surface area (Å²) in [6.07, 6.45) is 3.14. The van der Waals surface area contributed by atoms with Crippen molar-refractivity contribution >= 4 is 55.1 Å². The third kappa shape index (κ3) is 6.03. The molecule has 3 heterocycles. The number of halogens is 4. The summed E-state index contributed by atoms with van der Waals surface area (Å²) in [5.41, 5.74) is -0.106. The van der Waals surface area contributed by atoms with Crippen LogP contribution in [0.2, 0.25) is 0 Å². The first-order valence-electron chi connectivity index (χ1n) is 13.4. The van der Waals surface area contributed by atoms with E-state index in [0.717, 1.165) is 48.8 Å². The lowest BCUT2D eigenvalue weighted by atomic mass is 10.0. The maximum Gasteiger partial charge on any atom is 0.430 e. The molecule has 0 atom stereocenters. The highest BCUT2D eigenvalue weighted by atomic mass is 79.9. The summed E-state index contributed by atoms with van der Waals surface area (Å²) < 4.78 is 82.1. The predicted octanol–water partition coefficient (Wildman–Crippen LogP) is 7.19. The fraction of sp³-hybridized carbons (Fsp3) is 0.429. The molecule has 2 fully saturated rings. The highest BCUT2D eigenvalue weighted by molar-refractivity contribution is 9.10. The normalized spacial score (nSPS) is 18.8. The van der Waals surface area contributed by atoms with Gasteiger partial charge in [0.05, 0.1) is 10.2 Å². The number of carbonyl (C=O) groups is 1. The maximum atomic E-state index is 15.7. The van der Waals surface area contributed by atoms with Crippen LogP contribution in [0.5, 0.6) is 0 Å². The Bertz CT molecular complexity index is 1580. The van der Waals surface area contributed by atoms with Crippen molar-refractivity contribution in [1.82, 2.24) is 9.27 Å². The van der Waals surface area contributed by atoms with Crippen LogP contribution in [0.3, 0.4) is 0 Å². The van der Waals surface area contributed by atoms with Crippen molar-refractivity contribution in [2.75, 3.05) is 9.62 Å². The van der Waals surface area contributed by atoms with E-state index in [1.54, 1.807) is 6.07 Å². The monoisotopic (exact) mass is 686 g/mol. The molecule has 0 unspecified atom stereocenters. The molecule has 0 spiro atoms. The van der Waals surface area contributed by atoms with Crippen molar-refractivity contribution in [3.8, 4) is 0 Å². The molecule has 2 aromatic carbocycles. The van der Waals surface area contributed by atoms with Crippen molar-refractivity contribution in [1.29, 1.82) is 0 Å². The molecule has 0 saturated carbocycles. The minimum absolute atomic E-state index is 0.0996. The first-order valence-corrected chi connectivity index (χ1v) is 16.5. The second kappa shape index (κ2) is 11.8. The van der Waals surface area contributed by atoms with E-state index in [1.807, 2.05) is 6.07 Å². The van der Waals surface area contributed by atoms with Gasteiger partial charge in [0.25, 0.3) is 10.0 Å². The molecule has 1 N–H and O–H groups in total. The number of anilines is 2. The first kappa shape index (κ1) is 30.8. The van der Waals surface area contributed by atoms with Gasteiger partial charge in [-0.1, -0.05) is 12.1 Å². The summed E-state index contributed by atoms with van der Waals surface area (Å²) in [5, 5.41) is 4.25. The van der Waals surface area contributed by atoms with E-state index in [9.17, 15) is 17.6 Å². The minimum atomic E-state index is -5.17. The molecule has 42 heavy (non-hydrogen) atoms. The standard InChI is InChI=1S/C28H30BrF3N4O4S2/c1-28(2,3)40-27(37)36(23-11-12-41-34-23)42(38,39)26-21(31)13-22(24(29)25(26)32)33-14-19-16(5-4-6-20(19)30)15-35-17-7-8-18(35)10-9-17/h4-6,11-13,17-18,33H,7-10,14-15H2,1-3H3. The van der Waals surface area contributed by atoms with Gasteiger partial charge in [0.2, 0.25) is 0 Å². The number of nitrogens with zero attached hydrogens (tertiary/aromatic N) is 3. The Balaban J connectivity index is 1.44. The summed E-state index contributed by atoms with van der Waals surface area (Å²) in [7, 11) is -5.17. The molecular weight excluding hydrogens is 657 g/mol. The van der Waals surface area contributed by atoms with E-state index in [-0.39, 0.29) is 22.4 Å². The Morgan fingerprint density at radius 1 is 1.14 bits per heavy atom. The van der Waals surface area contributed by atoms with Crippen LogP contribution in [-0.4, -0.2) is 41.5 Å². The van der Waals surface area contributed by atoms with Crippen molar-refractivity contribution in [3.05, 3.63) is 68.8 Å². The lowest BCUT2D eigenvalue weighted by Crippen LogP contribution is -2.41. The van der Waals surface area contributed by atoms with Gasteiger partial charge in [-0.25, -0.2) is 26.4 Å². The molecule has 226 valence electrons. The molecule has 0 radical (unpaired) electrons. The molecule has 0 aliphatic carbocycles. The number of carbonyl (C=O) groups excluding carboxylic acids is 1. The number of aromatic nitrogens is 1. The van der Waals surface area contributed by atoms with Gasteiger partial charge in [-0.15, -0.1) is 4.31 Å². The summed E-state index contributed by atoms with van der Waals surface area (Å²) in [4.78, 5) is 14.0. The molecule has 5 rings (SSSR count). The summed E-state index contributed by atoms with van der Waals surface area (Å²) in [5.74, 6) is -3.75. The van der Waals surface area contributed by atoms with Gasteiger partial charge in [0.15, 0.2) is 16.5 Å². The van der Waals surface area contributed by atoms with Crippen LogP contribution in [0.15, 0.2) is 45.1 Å². The van der Waals surface area contributed by atoms with Crippen molar-refractivity contribution < 1.29 is 31.1 Å². The van der Waals surface area contributed by atoms with E-state index < -0.39 is 48.5 Å². The van der Waals surface area contributed by atoms with Crippen LogP contribution in [-0.2, 0) is 27.8 Å². The van der Waals surface area contributed by atoms with E-state index in [2.05, 4.69) is 30.5 Å². The average molecular weight is 688 g/mol. The Hall–Kier alpha value is -2.68. The first-order chi connectivity index (χ1) is 19.8. The van der Waals surface area contributed by atoms with Gasteiger partial charge >= 0.3 is 6.09 Å². The Labute approximate surface area is 255 Å². The molecule has 2 bridgehead atoms.